The zero-order valence-electron chi connectivity index (χ0n) is 19.2. The van der Waals surface area contributed by atoms with E-state index in [0.717, 1.165) is 56.8 Å². The summed E-state index contributed by atoms with van der Waals surface area (Å²) in [4.78, 5) is 7.31. The van der Waals surface area contributed by atoms with E-state index in [1.54, 1.807) is 6.07 Å². The van der Waals surface area contributed by atoms with Crippen molar-refractivity contribution in [1.82, 2.24) is 14.5 Å². The average molecular weight is 438 g/mol. The minimum absolute atomic E-state index is 0.367. The van der Waals surface area contributed by atoms with Crippen LogP contribution in [0.15, 0.2) is 18.2 Å². The average Bonchev–Trinajstić information content (AvgIpc) is 3.13. The van der Waals surface area contributed by atoms with Gasteiger partial charge in [-0.3, -0.25) is 0 Å². The molecule has 3 nitrogen and oxygen atoms in total. The fraction of sp³-hybridized carbons (Fsp3) is 0.720. The highest BCUT2D eigenvalue weighted by atomic mass is 19.4. The van der Waals surface area contributed by atoms with Gasteiger partial charge in [0.25, 0.3) is 0 Å². The summed E-state index contributed by atoms with van der Waals surface area (Å²) in [6.45, 7) is 8.56. The molecule has 1 aliphatic carbocycles. The van der Waals surface area contributed by atoms with Gasteiger partial charge in [0.1, 0.15) is 5.82 Å². The van der Waals surface area contributed by atoms with Gasteiger partial charge in [0.15, 0.2) is 0 Å². The third kappa shape index (κ3) is 6.47. The van der Waals surface area contributed by atoms with Crippen molar-refractivity contribution in [2.24, 2.45) is 0 Å². The zero-order chi connectivity index (χ0) is 22.3. The van der Waals surface area contributed by atoms with Crippen LogP contribution in [0.5, 0.6) is 0 Å². The van der Waals surface area contributed by atoms with Gasteiger partial charge < -0.3 is 9.47 Å². The molecule has 31 heavy (non-hydrogen) atoms. The normalized spacial score (nSPS) is 15.9. The van der Waals surface area contributed by atoms with Crippen molar-refractivity contribution in [2.45, 2.75) is 96.7 Å². The van der Waals surface area contributed by atoms with E-state index in [2.05, 4.69) is 23.3 Å². The molecule has 0 amide bonds. The van der Waals surface area contributed by atoms with Gasteiger partial charge in [-0.25, -0.2) is 4.98 Å². The lowest BCUT2D eigenvalue weighted by Crippen LogP contribution is -2.28. The molecule has 1 aliphatic rings. The van der Waals surface area contributed by atoms with Gasteiger partial charge in [-0.05, 0) is 69.9 Å². The summed E-state index contributed by atoms with van der Waals surface area (Å²) in [6, 6.07) is 4.07. The molecule has 1 aromatic carbocycles. The van der Waals surface area contributed by atoms with Crippen LogP contribution >= 0.6 is 0 Å². The van der Waals surface area contributed by atoms with E-state index in [-0.39, 0.29) is 0 Å². The van der Waals surface area contributed by atoms with Crippen LogP contribution in [0.4, 0.5) is 13.2 Å². The smallest absolute Gasteiger partial charge is 0.328 e. The zero-order valence-corrected chi connectivity index (χ0v) is 19.2. The molecule has 1 saturated carbocycles. The maximum absolute atomic E-state index is 13.2. The van der Waals surface area contributed by atoms with Gasteiger partial charge in [0.2, 0.25) is 0 Å². The van der Waals surface area contributed by atoms with Crippen LogP contribution in [0, 0.1) is 0 Å². The Kier molecular flexibility index (Phi) is 8.82. The number of benzene rings is 1. The fourth-order valence-corrected chi connectivity index (χ4v) is 4.78. The summed E-state index contributed by atoms with van der Waals surface area (Å²) in [5.74, 6) is 1.37. The molecule has 3 rings (SSSR count). The molecule has 0 radical (unpaired) electrons. The maximum Gasteiger partial charge on any atom is 0.416 e. The number of nitrogens with zero attached hydrogens (tertiary/aromatic N) is 3. The van der Waals surface area contributed by atoms with Crippen LogP contribution in [0.3, 0.4) is 0 Å². The summed E-state index contributed by atoms with van der Waals surface area (Å²) in [7, 11) is 0. The molecule has 0 unspecified atom stereocenters. The van der Waals surface area contributed by atoms with Crippen molar-refractivity contribution in [1.29, 1.82) is 0 Å². The molecule has 0 N–H and O–H groups in total. The third-order valence-corrected chi connectivity index (χ3v) is 6.59. The summed E-state index contributed by atoms with van der Waals surface area (Å²) in [5.41, 5.74) is 0.733. The van der Waals surface area contributed by atoms with Crippen molar-refractivity contribution >= 4 is 11.0 Å². The summed E-state index contributed by atoms with van der Waals surface area (Å²) in [6.07, 6.45) is 7.29. The molecular formula is C25H38F3N3. The standard InChI is InChI=1S/C25H38F3N3/c1-3-5-15-30(16-6-4-2)17-10-18-31-23-14-13-21(25(26,27)28)19-22(23)29-24(31)20-11-8-7-9-12-20/h13-14,19-20H,3-12,15-18H2,1-2H3. The SMILES string of the molecule is CCCCN(CCCC)CCCn1c(C2CCCCC2)nc2cc(C(F)(F)F)ccc21. The molecule has 2 aromatic rings. The second kappa shape index (κ2) is 11.3. The summed E-state index contributed by atoms with van der Waals surface area (Å²) in [5, 5.41) is 0. The van der Waals surface area contributed by atoms with E-state index in [4.69, 9.17) is 4.98 Å². The van der Waals surface area contributed by atoms with Crippen LogP contribution in [-0.4, -0.2) is 34.1 Å². The molecule has 1 fully saturated rings. The number of aromatic nitrogens is 2. The second-order valence-electron chi connectivity index (χ2n) is 9.06. The molecule has 1 aromatic heterocycles. The number of hydrogen-bond acceptors (Lipinski definition) is 2. The highest BCUT2D eigenvalue weighted by molar-refractivity contribution is 5.77. The van der Waals surface area contributed by atoms with Crippen LogP contribution in [0.1, 0.15) is 95.4 Å². The van der Waals surface area contributed by atoms with Crippen LogP contribution in [0.2, 0.25) is 0 Å². The van der Waals surface area contributed by atoms with Crippen LogP contribution in [-0.2, 0) is 12.7 Å². The first-order valence-corrected chi connectivity index (χ1v) is 12.2. The first kappa shape index (κ1) is 24.1. The Bertz CT molecular complexity index is 798. The van der Waals surface area contributed by atoms with Crippen molar-refractivity contribution < 1.29 is 13.2 Å². The Hall–Kier alpha value is -1.56. The third-order valence-electron chi connectivity index (χ3n) is 6.59. The molecule has 174 valence electrons. The highest BCUT2D eigenvalue weighted by Crippen LogP contribution is 2.36. The Morgan fingerprint density at radius 1 is 0.968 bits per heavy atom. The molecule has 6 heteroatoms. The highest BCUT2D eigenvalue weighted by Gasteiger charge is 2.31. The number of imidazole rings is 1. The first-order valence-electron chi connectivity index (χ1n) is 12.2. The predicted octanol–water partition coefficient (Wildman–Crippen LogP) is 7.40. The van der Waals surface area contributed by atoms with Crippen LogP contribution in [0.25, 0.3) is 11.0 Å². The number of hydrogen-bond donors (Lipinski definition) is 0. The summed E-state index contributed by atoms with van der Waals surface area (Å²) >= 11 is 0. The molecule has 0 spiro atoms. The topological polar surface area (TPSA) is 21.1 Å². The van der Waals surface area contributed by atoms with E-state index >= 15 is 0 Å². The van der Waals surface area contributed by atoms with Gasteiger partial charge in [0.05, 0.1) is 16.6 Å². The maximum atomic E-state index is 13.2. The Morgan fingerprint density at radius 3 is 2.23 bits per heavy atom. The Morgan fingerprint density at radius 2 is 1.61 bits per heavy atom. The molecule has 1 heterocycles. The number of fused-ring (bicyclic) bond motifs is 1. The van der Waals surface area contributed by atoms with Gasteiger partial charge >= 0.3 is 6.18 Å². The van der Waals surface area contributed by atoms with Crippen LogP contribution < -0.4 is 0 Å². The van der Waals surface area contributed by atoms with E-state index in [9.17, 15) is 13.2 Å². The monoisotopic (exact) mass is 437 g/mol. The minimum Gasteiger partial charge on any atom is -0.328 e. The lowest BCUT2D eigenvalue weighted by Gasteiger charge is -2.24. The van der Waals surface area contributed by atoms with Crippen molar-refractivity contribution in [2.75, 3.05) is 19.6 Å². The molecule has 0 aliphatic heterocycles. The quantitative estimate of drug-likeness (QED) is 0.365. The lowest BCUT2D eigenvalue weighted by molar-refractivity contribution is -0.137. The van der Waals surface area contributed by atoms with Crippen molar-refractivity contribution in [3.63, 3.8) is 0 Å². The molecule has 0 atom stereocenters. The molecular weight excluding hydrogens is 399 g/mol. The number of rotatable bonds is 11. The molecule has 0 saturated heterocycles. The fourth-order valence-electron chi connectivity index (χ4n) is 4.78. The number of alkyl halides is 3. The Labute approximate surface area is 185 Å². The van der Waals surface area contributed by atoms with Gasteiger partial charge in [0, 0.05) is 12.5 Å². The summed E-state index contributed by atoms with van der Waals surface area (Å²) < 4.78 is 41.9. The lowest BCUT2D eigenvalue weighted by atomic mass is 9.88. The van der Waals surface area contributed by atoms with E-state index < -0.39 is 11.7 Å². The van der Waals surface area contributed by atoms with Crippen molar-refractivity contribution in [3.05, 3.63) is 29.6 Å². The Balaban J connectivity index is 1.80. The largest absolute Gasteiger partial charge is 0.416 e. The molecule has 0 bridgehead atoms. The number of unbranched alkanes of at least 4 members (excludes halogenated alkanes) is 2. The van der Waals surface area contributed by atoms with Gasteiger partial charge in [-0.15, -0.1) is 0 Å². The number of halogens is 3. The van der Waals surface area contributed by atoms with E-state index in [1.165, 1.54) is 57.1 Å². The van der Waals surface area contributed by atoms with Gasteiger partial charge in [-0.1, -0.05) is 46.0 Å². The van der Waals surface area contributed by atoms with Crippen molar-refractivity contribution in [3.8, 4) is 0 Å². The van der Waals surface area contributed by atoms with Gasteiger partial charge in [-0.2, -0.15) is 13.2 Å². The predicted molar refractivity (Wildman–Crippen MR) is 121 cm³/mol. The van der Waals surface area contributed by atoms with E-state index in [0.29, 0.717) is 11.4 Å². The van der Waals surface area contributed by atoms with E-state index in [1.807, 2.05) is 0 Å². The minimum atomic E-state index is -4.33. The first-order chi connectivity index (χ1) is 14.9. The second-order valence-corrected chi connectivity index (χ2v) is 9.06. The number of aryl methyl sites for hydroxylation is 1.